The number of hydrogen-bond acceptors (Lipinski definition) is 5. The third kappa shape index (κ3) is 6.26. The molecule has 0 fully saturated rings. The third-order valence-electron chi connectivity index (χ3n) is 4.93. The number of carbonyl (C=O) groups is 2. The lowest BCUT2D eigenvalue weighted by atomic mass is 10.00. The summed E-state index contributed by atoms with van der Waals surface area (Å²) in [6.45, 7) is 4.46. The molecule has 0 aliphatic rings. The molecule has 0 aliphatic heterocycles. The summed E-state index contributed by atoms with van der Waals surface area (Å²) in [7, 11) is 0. The fraction of sp³-hybridized carbons (Fsp3) is 0.348. The van der Waals surface area contributed by atoms with E-state index in [1.54, 1.807) is 16.5 Å². The Morgan fingerprint density at radius 2 is 1.87 bits per heavy atom. The van der Waals surface area contributed by atoms with Gasteiger partial charge in [-0.1, -0.05) is 44.2 Å². The van der Waals surface area contributed by atoms with Gasteiger partial charge in [0.05, 0.1) is 27.9 Å². The van der Waals surface area contributed by atoms with Gasteiger partial charge in [-0.3, -0.25) is 4.79 Å². The van der Waals surface area contributed by atoms with Crippen LogP contribution in [0.4, 0.5) is 4.79 Å². The molecule has 0 saturated heterocycles. The second-order valence-electron chi connectivity index (χ2n) is 7.95. The number of amides is 2. The van der Waals surface area contributed by atoms with Crippen LogP contribution in [-0.2, 0) is 6.42 Å². The zero-order valence-electron chi connectivity index (χ0n) is 17.6. The van der Waals surface area contributed by atoms with E-state index < -0.39 is 18.2 Å². The molecule has 2 aromatic carbocycles. The molecule has 1 aromatic heterocycles. The number of hydrogen-bond donors (Lipinski definition) is 3. The number of nitrogens with one attached hydrogen (secondary N) is 1. The van der Waals surface area contributed by atoms with Crippen LogP contribution in [0.15, 0.2) is 54.0 Å². The summed E-state index contributed by atoms with van der Waals surface area (Å²) in [6, 6.07) is 14.0. The lowest BCUT2D eigenvalue weighted by Gasteiger charge is -2.31. The van der Waals surface area contributed by atoms with Gasteiger partial charge in [0, 0.05) is 18.7 Å². The second kappa shape index (κ2) is 10.4. The minimum atomic E-state index is -1.21. The number of carboxylic acid groups (broad SMARTS) is 1. The maximum atomic E-state index is 13.2. The molecule has 2 amide bonds. The van der Waals surface area contributed by atoms with Crippen molar-refractivity contribution in [1.29, 1.82) is 0 Å². The third-order valence-corrected chi connectivity index (χ3v) is 5.72. The minimum absolute atomic E-state index is 0.0233. The highest BCUT2D eigenvalue weighted by Gasteiger charge is 2.27. The largest absolute Gasteiger partial charge is 0.465 e. The van der Waals surface area contributed by atoms with Gasteiger partial charge in [-0.25, -0.2) is 9.78 Å². The van der Waals surface area contributed by atoms with Crippen molar-refractivity contribution in [3.05, 3.63) is 65.2 Å². The summed E-state index contributed by atoms with van der Waals surface area (Å²) in [5.74, 6) is -0.0138. The summed E-state index contributed by atoms with van der Waals surface area (Å²) >= 11 is 1.46. The molecule has 0 unspecified atom stereocenters. The number of rotatable bonds is 9. The van der Waals surface area contributed by atoms with Crippen molar-refractivity contribution in [1.82, 2.24) is 15.2 Å². The number of aromatic nitrogens is 1. The minimum Gasteiger partial charge on any atom is -0.465 e. The summed E-state index contributed by atoms with van der Waals surface area (Å²) < 4.78 is 0.922. The predicted molar refractivity (Wildman–Crippen MR) is 121 cm³/mol. The Bertz CT molecular complexity index is 1020. The molecule has 1 heterocycles. The molecular weight excluding hydrogens is 414 g/mol. The van der Waals surface area contributed by atoms with Gasteiger partial charge in [0.2, 0.25) is 0 Å². The molecule has 3 aromatic rings. The molecule has 0 bridgehead atoms. The normalized spacial score (nSPS) is 13.2. The zero-order chi connectivity index (χ0) is 22.4. The van der Waals surface area contributed by atoms with Gasteiger partial charge in [-0.15, -0.1) is 11.3 Å². The highest BCUT2D eigenvalue weighted by atomic mass is 32.1. The predicted octanol–water partition coefficient (Wildman–Crippen LogP) is 3.63. The van der Waals surface area contributed by atoms with Crippen molar-refractivity contribution in [2.24, 2.45) is 5.92 Å². The molecular formula is C23H27N3O4S. The first-order valence-corrected chi connectivity index (χ1v) is 11.1. The number of benzene rings is 2. The molecule has 3 rings (SSSR count). The topological polar surface area (TPSA) is 103 Å². The van der Waals surface area contributed by atoms with E-state index in [0.29, 0.717) is 18.5 Å². The molecule has 3 N–H and O–H groups in total. The quantitative estimate of drug-likeness (QED) is 0.471. The van der Waals surface area contributed by atoms with Crippen LogP contribution in [0.3, 0.4) is 0 Å². The van der Waals surface area contributed by atoms with E-state index in [9.17, 15) is 19.8 Å². The molecule has 7 nitrogen and oxygen atoms in total. The van der Waals surface area contributed by atoms with Crippen LogP contribution < -0.4 is 5.32 Å². The fourth-order valence-electron chi connectivity index (χ4n) is 3.51. The maximum Gasteiger partial charge on any atom is 0.404 e. The van der Waals surface area contributed by atoms with Gasteiger partial charge >= 0.3 is 6.09 Å². The number of thiazole rings is 1. The highest BCUT2D eigenvalue weighted by Crippen LogP contribution is 2.21. The van der Waals surface area contributed by atoms with E-state index in [2.05, 4.69) is 10.3 Å². The van der Waals surface area contributed by atoms with Gasteiger partial charge in [-0.05, 0) is 36.1 Å². The van der Waals surface area contributed by atoms with Crippen molar-refractivity contribution >= 4 is 33.6 Å². The number of aliphatic hydroxyl groups excluding tert-OH is 1. The Kier molecular flexibility index (Phi) is 7.59. The Morgan fingerprint density at radius 3 is 2.55 bits per heavy atom. The molecule has 8 heteroatoms. The lowest BCUT2D eigenvalue weighted by Crippen LogP contribution is -2.50. The van der Waals surface area contributed by atoms with Crippen molar-refractivity contribution in [2.75, 3.05) is 13.1 Å². The molecule has 0 saturated carbocycles. The standard InChI is InChI=1S/C23H27N3O4S/c1-15(2)12-26(22(28)17-8-9-18-21(11-17)31-14-24-18)13-20(27)19(25-23(29)30)10-16-6-4-3-5-7-16/h3-9,11,14-15,19-20,25,27H,10,12-13H2,1-2H3,(H,29,30)/t19-,20+/m0/s1. The van der Waals surface area contributed by atoms with Crippen LogP contribution in [0.2, 0.25) is 0 Å². The first-order valence-electron chi connectivity index (χ1n) is 10.2. The van der Waals surface area contributed by atoms with Crippen LogP contribution in [-0.4, -0.2) is 57.3 Å². The first kappa shape index (κ1) is 22.7. The average molecular weight is 442 g/mol. The van der Waals surface area contributed by atoms with Crippen LogP contribution in [0.5, 0.6) is 0 Å². The van der Waals surface area contributed by atoms with Gasteiger partial charge in [0.1, 0.15) is 0 Å². The second-order valence-corrected chi connectivity index (χ2v) is 8.84. The van der Waals surface area contributed by atoms with Crippen molar-refractivity contribution in [3.8, 4) is 0 Å². The summed E-state index contributed by atoms with van der Waals surface area (Å²) in [6.07, 6.45) is -1.95. The van der Waals surface area contributed by atoms with E-state index in [-0.39, 0.29) is 18.4 Å². The average Bonchev–Trinajstić information content (AvgIpc) is 3.20. The molecule has 164 valence electrons. The summed E-state index contributed by atoms with van der Waals surface area (Å²) in [4.78, 5) is 30.4. The van der Waals surface area contributed by atoms with E-state index in [1.807, 2.05) is 56.3 Å². The van der Waals surface area contributed by atoms with Gasteiger partial charge in [0.15, 0.2) is 0 Å². The Labute approximate surface area is 185 Å². The Balaban J connectivity index is 1.79. The van der Waals surface area contributed by atoms with Crippen LogP contribution in [0.25, 0.3) is 10.2 Å². The SMILES string of the molecule is CC(C)CN(C[C@@H](O)[C@H](Cc1ccccc1)NC(=O)O)C(=O)c1ccc2ncsc2c1. The Morgan fingerprint density at radius 1 is 1.13 bits per heavy atom. The van der Waals surface area contributed by atoms with Crippen molar-refractivity contribution < 1.29 is 19.8 Å². The Hall–Kier alpha value is -2.97. The van der Waals surface area contributed by atoms with E-state index in [4.69, 9.17) is 0 Å². The van der Waals surface area contributed by atoms with E-state index in [0.717, 1.165) is 15.8 Å². The van der Waals surface area contributed by atoms with Crippen LogP contribution in [0.1, 0.15) is 29.8 Å². The number of aliphatic hydroxyl groups is 1. The molecule has 0 radical (unpaired) electrons. The van der Waals surface area contributed by atoms with Crippen LogP contribution >= 0.6 is 11.3 Å². The number of nitrogens with zero attached hydrogens (tertiary/aromatic N) is 2. The van der Waals surface area contributed by atoms with Gasteiger partial charge in [0.25, 0.3) is 5.91 Å². The molecule has 0 spiro atoms. The van der Waals surface area contributed by atoms with Gasteiger partial charge in [-0.2, -0.15) is 0 Å². The first-order chi connectivity index (χ1) is 14.8. The van der Waals surface area contributed by atoms with E-state index in [1.165, 1.54) is 11.3 Å². The summed E-state index contributed by atoms with van der Waals surface area (Å²) in [5, 5.41) is 22.6. The zero-order valence-corrected chi connectivity index (χ0v) is 18.4. The van der Waals surface area contributed by atoms with Crippen LogP contribution in [0, 0.1) is 5.92 Å². The molecule has 2 atom stereocenters. The number of carbonyl (C=O) groups excluding carboxylic acids is 1. The summed E-state index contributed by atoms with van der Waals surface area (Å²) in [5.41, 5.74) is 4.00. The number of fused-ring (bicyclic) bond motifs is 1. The molecule has 31 heavy (non-hydrogen) atoms. The van der Waals surface area contributed by atoms with E-state index >= 15 is 0 Å². The smallest absolute Gasteiger partial charge is 0.404 e. The maximum absolute atomic E-state index is 13.2. The molecule has 0 aliphatic carbocycles. The monoisotopic (exact) mass is 441 g/mol. The van der Waals surface area contributed by atoms with Gasteiger partial charge < -0.3 is 20.4 Å². The fourth-order valence-corrected chi connectivity index (χ4v) is 4.23. The lowest BCUT2D eigenvalue weighted by molar-refractivity contribution is 0.0509. The van der Waals surface area contributed by atoms with Crippen molar-refractivity contribution in [2.45, 2.75) is 32.4 Å². The highest BCUT2D eigenvalue weighted by molar-refractivity contribution is 7.16. The van der Waals surface area contributed by atoms with Crippen molar-refractivity contribution in [3.63, 3.8) is 0 Å².